The van der Waals surface area contributed by atoms with Crippen LogP contribution in [0.3, 0.4) is 0 Å². The highest BCUT2D eigenvalue weighted by Crippen LogP contribution is 2.18. The Kier molecular flexibility index (Phi) is 6.58. The van der Waals surface area contributed by atoms with Crippen molar-refractivity contribution in [2.24, 2.45) is 0 Å². The summed E-state index contributed by atoms with van der Waals surface area (Å²) in [6.45, 7) is 5.32. The van der Waals surface area contributed by atoms with Crippen molar-refractivity contribution in [3.05, 3.63) is 87.7 Å². The summed E-state index contributed by atoms with van der Waals surface area (Å²) < 4.78 is 1.45. The van der Waals surface area contributed by atoms with E-state index in [4.69, 9.17) is 0 Å². The molecule has 9 heteroatoms. The second kappa shape index (κ2) is 10.1. The number of amides is 1. The molecule has 0 fully saturated rings. The van der Waals surface area contributed by atoms with Crippen LogP contribution in [0.15, 0.2) is 59.7 Å². The summed E-state index contributed by atoms with van der Waals surface area (Å²) >= 11 is 0. The van der Waals surface area contributed by atoms with Gasteiger partial charge in [0.1, 0.15) is 6.54 Å². The molecule has 35 heavy (non-hydrogen) atoms. The molecule has 1 aliphatic rings. The molecule has 0 saturated heterocycles. The largest absolute Gasteiger partial charge is 0.364 e. The first-order valence-electron chi connectivity index (χ1n) is 11.9. The zero-order valence-electron chi connectivity index (χ0n) is 19.8. The fourth-order valence-corrected chi connectivity index (χ4v) is 4.43. The molecule has 4 aromatic rings. The van der Waals surface area contributed by atoms with Gasteiger partial charge in [-0.3, -0.25) is 19.1 Å². The van der Waals surface area contributed by atoms with Crippen LogP contribution < -0.4 is 16.2 Å². The zero-order valence-corrected chi connectivity index (χ0v) is 19.8. The summed E-state index contributed by atoms with van der Waals surface area (Å²) in [5.74, 6) is 0.00989. The molecule has 1 aliphatic heterocycles. The molecule has 0 atom stereocenters. The van der Waals surface area contributed by atoms with Crippen molar-refractivity contribution in [1.82, 2.24) is 29.7 Å². The summed E-state index contributed by atoms with van der Waals surface area (Å²) in [7, 11) is 0. The number of carbonyl (C=O) groups excluding carboxylic acids is 1. The van der Waals surface area contributed by atoms with Crippen molar-refractivity contribution >= 4 is 22.8 Å². The van der Waals surface area contributed by atoms with E-state index in [2.05, 4.69) is 54.8 Å². The minimum absolute atomic E-state index is 0.0722. The van der Waals surface area contributed by atoms with Gasteiger partial charge in [-0.05, 0) is 42.7 Å². The number of nitrogens with zero attached hydrogens (tertiary/aromatic N) is 4. The van der Waals surface area contributed by atoms with Crippen LogP contribution in [0.5, 0.6) is 0 Å². The molecule has 180 valence electrons. The van der Waals surface area contributed by atoms with Gasteiger partial charge in [-0.15, -0.1) is 0 Å². The van der Waals surface area contributed by atoms with Gasteiger partial charge in [0, 0.05) is 44.3 Å². The number of aromatic nitrogens is 4. The number of H-pyrrole nitrogens is 1. The zero-order chi connectivity index (χ0) is 24.2. The van der Waals surface area contributed by atoms with Gasteiger partial charge in [-0.25, -0.2) is 9.97 Å². The molecule has 0 unspecified atom stereocenters. The van der Waals surface area contributed by atoms with Gasteiger partial charge in [0.2, 0.25) is 5.91 Å². The molecule has 0 aliphatic carbocycles. The molecule has 0 saturated carbocycles. The van der Waals surface area contributed by atoms with Gasteiger partial charge in [-0.1, -0.05) is 24.3 Å². The number of benzene rings is 1. The van der Waals surface area contributed by atoms with Crippen LogP contribution in [0.25, 0.3) is 11.0 Å². The fraction of sp³-hybridized carbons (Fsp3) is 0.308. The molecule has 5 rings (SSSR count). The third kappa shape index (κ3) is 5.25. The first-order chi connectivity index (χ1) is 17.1. The number of fused-ring (bicyclic) bond motifs is 2. The predicted molar refractivity (Wildman–Crippen MR) is 135 cm³/mol. The lowest BCUT2D eigenvalue weighted by atomic mass is 10.00. The van der Waals surface area contributed by atoms with Gasteiger partial charge >= 0.3 is 0 Å². The number of pyridine rings is 1. The monoisotopic (exact) mass is 471 g/mol. The Morgan fingerprint density at radius 1 is 1.14 bits per heavy atom. The second-order valence-corrected chi connectivity index (χ2v) is 8.85. The molecule has 4 heterocycles. The van der Waals surface area contributed by atoms with Gasteiger partial charge in [0.25, 0.3) is 5.56 Å². The molecule has 9 nitrogen and oxygen atoms in total. The van der Waals surface area contributed by atoms with Gasteiger partial charge in [0.15, 0.2) is 5.82 Å². The number of aryl methyl sites for hydroxylation is 1. The standard InChI is InChI=1S/C26H29N7O2/c1-18-14-30-25(28-11-13-32-12-9-19-4-2-3-5-20(19)16-32)26(35)33(18)17-24(34)29-15-21-6-7-22-23(31-21)8-10-27-22/h2-8,10,14,27H,9,11-13,15-17H2,1H3,(H,28,30)(H,29,34). The Labute approximate surface area is 203 Å². The Bertz CT molecular complexity index is 1410. The molecule has 3 aromatic heterocycles. The fourth-order valence-electron chi connectivity index (χ4n) is 4.43. The van der Waals surface area contributed by atoms with E-state index in [9.17, 15) is 9.59 Å². The Morgan fingerprint density at radius 3 is 2.89 bits per heavy atom. The molecule has 0 radical (unpaired) electrons. The maximum Gasteiger partial charge on any atom is 0.293 e. The molecular weight excluding hydrogens is 442 g/mol. The van der Waals surface area contributed by atoms with Crippen LogP contribution in [0.2, 0.25) is 0 Å². The molecular formula is C26H29N7O2. The van der Waals surface area contributed by atoms with Gasteiger partial charge in [0.05, 0.1) is 23.3 Å². The Hall–Kier alpha value is -3.98. The van der Waals surface area contributed by atoms with Crippen LogP contribution >= 0.6 is 0 Å². The topological polar surface area (TPSA) is 108 Å². The third-order valence-electron chi connectivity index (χ3n) is 6.41. The molecule has 1 aromatic carbocycles. The SMILES string of the molecule is Cc1cnc(NCCN2CCc3ccccc3C2)c(=O)n1CC(=O)NCc1ccc2[nH]ccc2n1. The smallest absolute Gasteiger partial charge is 0.293 e. The number of rotatable bonds is 8. The van der Waals surface area contributed by atoms with E-state index in [0.29, 0.717) is 18.8 Å². The van der Waals surface area contributed by atoms with Crippen LogP contribution in [0.4, 0.5) is 5.82 Å². The minimum atomic E-state index is -0.295. The lowest BCUT2D eigenvalue weighted by molar-refractivity contribution is -0.121. The van der Waals surface area contributed by atoms with Crippen LogP contribution in [0, 0.1) is 6.92 Å². The predicted octanol–water partition coefficient (Wildman–Crippen LogP) is 2.21. The summed E-state index contributed by atoms with van der Waals surface area (Å²) in [6, 6.07) is 14.2. The average Bonchev–Trinajstić information content (AvgIpc) is 3.34. The number of aromatic amines is 1. The van der Waals surface area contributed by atoms with Crippen molar-refractivity contribution in [3.8, 4) is 0 Å². The maximum atomic E-state index is 13.0. The number of anilines is 1. The Balaban J connectivity index is 1.16. The minimum Gasteiger partial charge on any atom is -0.364 e. The summed E-state index contributed by atoms with van der Waals surface area (Å²) in [5, 5.41) is 6.02. The van der Waals surface area contributed by atoms with E-state index in [1.54, 1.807) is 13.1 Å². The van der Waals surface area contributed by atoms with Gasteiger partial charge in [-0.2, -0.15) is 0 Å². The lowest BCUT2D eigenvalue weighted by Crippen LogP contribution is -2.37. The third-order valence-corrected chi connectivity index (χ3v) is 6.41. The highest BCUT2D eigenvalue weighted by molar-refractivity contribution is 5.76. The number of nitrogens with one attached hydrogen (secondary N) is 3. The maximum absolute atomic E-state index is 13.0. The Morgan fingerprint density at radius 2 is 2.00 bits per heavy atom. The van der Waals surface area contributed by atoms with Crippen molar-refractivity contribution in [2.45, 2.75) is 33.0 Å². The molecule has 3 N–H and O–H groups in total. The normalized spacial score (nSPS) is 13.5. The van der Waals surface area contributed by atoms with Crippen molar-refractivity contribution in [3.63, 3.8) is 0 Å². The van der Waals surface area contributed by atoms with Crippen molar-refractivity contribution < 1.29 is 4.79 Å². The summed E-state index contributed by atoms with van der Waals surface area (Å²) in [5.41, 5.74) is 5.67. The molecule has 0 bridgehead atoms. The highest BCUT2D eigenvalue weighted by atomic mass is 16.2. The van der Waals surface area contributed by atoms with E-state index < -0.39 is 0 Å². The van der Waals surface area contributed by atoms with Crippen molar-refractivity contribution in [2.75, 3.05) is 25.0 Å². The average molecular weight is 472 g/mol. The molecule has 0 spiro atoms. The van der Waals surface area contributed by atoms with Crippen LogP contribution in [-0.4, -0.2) is 50.0 Å². The lowest BCUT2D eigenvalue weighted by Gasteiger charge is -2.28. The van der Waals surface area contributed by atoms with Gasteiger partial charge < -0.3 is 15.6 Å². The van der Waals surface area contributed by atoms with E-state index in [1.807, 2.05) is 24.4 Å². The van der Waals surface area contributed by atoms with Crippen molar-refractivity contribution in [1.29, 1.82) is 0 Å². The first kappa shape index (κ1) is 22.8. The summed E-state index contributed by atoms with van der Waals surface area (Å²) in [4.78, 5) is 39.8. The van der Waals surface area contributed by atoms with E-state index in [1.165, 1.54) is 15.7 Å². The van der Waals surface area contributed by atoms with E-state index in [0.717, 1.165) is 42.8 Å². The number of hydrogen-bond donors (Lipinski definition) is 3. The van der Waals surface area contributed by atoms with E-state index in [-0.39, 0.29) is 23.8 Å². The molecule has 1 amide bonds. The summed E-state index contributed by atoms with van der Waals surface area (Å²) in [6.07, 6.45) is 4.49. The quantitative estimate of drug-likeness (QED) is 0.364. The number of hydrogen-bond acceptors (Lipinski definition) is 6. The first-order valence-corrected chi connectivity index (χ1v) is 11.9. The highest BCUT2D eigenvalue weighted by Gasteiger charge is 2.16. The number of carbonyl (C=O) groups is 1. The van der Waals surface area contributed by atoms with Crippen LogP contribution in [-0.2, 0) is 30.8 Å². The van der Waals surface area contributed by atoms with E-state index >= 15 is 0 Å². The van der Waals surface area contributed by atoms with Crippen LogP contribution in [0.1, 0.15) is 22.5 Å². The second-order valence-electron chi connectivity index (χ2n) is 8.85.